The Morgan fingerprint density at radius 2 is 1.94 bits per heavy atom. The van der Waals surface area contributed by atoms with Gasteiger partial charge in [-0.25, -0.2) is 9.78 Å². The number of aromatic nitrogens is 1. The molecule has 0 atom stereocenters. The quantitative estimate of drug-likeness (QED) is 0.755. The summed E-state index contributed by atoms with van der Waals surface area (Å²) in [5.74, 6) is 0.536. The average molecular weight is 454 g/mol. The minimum Gasteiger partial charge on any atom is -0.450 e. The molecule has 2 fully saturated rings. The van der Waals surface area contributed by atoms with Gasteiger partial charge in [0, 0.05) is 43.2 Å². The molecule has 1 N–H and O–H groups in total. The van der Waals surface area contributed by atoms with Crippen LogP contribution in [0.3, 0.4) is 0 Å². The normalized spacial score (nSPS) is 21.9. The molecule has 176 valence electrons. The van der Waals surface area contributed by atoms with Gasteiger partial charge < -0.3 is 19.9 Å². The highest BCUT2D eigenvalue weighted by Crippen LogP contribution is 2.46. The van der Waals surface area contributed by atoms with Crippen molar-refractivity contribution in [2.24, 2.45) is 5.92 Å². The van der Waals surface area contributed by atoms with Crippen LogP contribution in [0.4, 0.5) is 23.8 Å². The topological polar surface area (TPSA) is 74.8 Å². The van der Waals surface area contributed by atoms with E-state index in [-0.39, 0.29) is 24.2 Å². The second kappa shape index (κ2) is 8.88. The molecule has 2 saturated heterocycles. The lowest BCUT2D eigenvalue weighted by molar-refractivity contribution is -0.137. The van der Waals surface area contributed by atoms with Crippen LogP contribution in [0.5, 0.6) is 0 Å². The van der Waals surface area contributed by atoms with Crippen LogP contribution >= 0.6 is 0 Å². The zero-order valence-corrected chi connectivity index (χ0v) is 18.2. The summed E-state index contributed by atoms with van der Waals surface area (Å²) in [7, 11) is 0. The predicted molar refractivity (Wildman–Crippen MR) is 111 cm³/mol. The average Bonchev–Trinajstić information content (AvgIpc) is 2.75. The number of halogens is 3. The molecule has 2 amide bonds. The van der Waals surface area contributed by atoms with Crippen molar-refractivity contribution in [3.63, 3.8) is 0 Å². The molecule has 0 radical (unpaired) electrons. The summed E-state index contributed by atoms with van der Waals surface area (Å²) in [6, 6.07) is 1.17. The fourth-order valence-electron chi connectivity index (χ4n) is 5.19. The minimum atomic E-state index is -4.47. The third kappa shape index (κ3) is 4.69. The van der Waals surface area contributed by atoms with Gasteiger partial charge in [0.15, 0.2) is 0 Å². The molecule has 1 aromatic heterocycles. The van der Waals surface area contributed by atoms with Gasteiger partial charge in [0.05, 0.1) is 12.2 Å². The van der Waals surface area contributed by atoms with Crippen LogP contribution in [0.25, 0.3) is 0 Å². The molecule has 0 aliphatic carbocycles. The molecule has 0 aromatic carbocycles. The minimum absolute atomic E-state index is 0.189. The Bertz CT molecular complexity index is 860. The zero-order valence-electron chi connectivity index (χ0n) is 18.2. The molecule has 1 spiro atoms. The lowest BCUT2D eigenvalue weighted by Gasteiger charge is -2.45. The fraction of sp³-hybridized carbons (Fsp3) is 0.682. The molecule has 3 aliphatic heterocycles. The van der Waals surface area contributed by atoms with Gasteiger partial charge in [-0.05, 0) is 57.7 Å². The van der Waals surface area contributed by atoms with E-state index < -0.39 is 17.2 Å². The van der Waals surface area contributed by atoms with Gasteiger partial charge in [-0.2, -0.15) is 13.2 Å². The Hall–Kier alpha value is -2.36. The molecule has 10 heteroatoms. The number of nitrogens with one attached hydrogen (secondary N) is 1. The lowest BCUT2D eigenvalue weighted by Crippen LogP contribution is -2.49. The van der Waals surface area contributed by atoms with Crippen molar-refractivity contribution in [3.05, 3.63) is 23.4 Å². The van der Waals surface area contributed by atoms with E-state index in [4.69, 9.17) is 4.74 Å². The number of hydrogen-bond acceptors (Lipinski definition) is 5. The summed E-state index contributed by atoms with van der Waals surface area (Å²) in [6.45, 7) is 5.87. The number of alkyl halides is 3. The molecule has 0 unspecified atom stereocenters. The summed E-state index contributed by atoms with van der Waals surface area (Å²) in [6.07, 6.45) is -0.688. The lowest BCUT2D eigenvalue weighted by atomic mass is 9.68. The van der Waals surface area contributed by atoms with Crippen LogP contribution in [0.1, 0.15) is 50.2 Å². The van der Waals surface area contributed by atoms with Crippen molar-refractivity contribution in [3.8, 4) is 0 Å². The Labute approximate surface area is 185 Å². The molecule has 1 aromatic rings. The molecule has 3 aliphatic rings. The number of nitrogens with zero attached hydrogens (tertiary/aromatic N) is 3. The van der Waals surface area contributed by atoms with Crippen molar-refractivity contribution in [1.82, 2.24) is 14.8 Å². The summed E-state index contributed by atoms with van der Waals surface area (Å²) in [5.41, 5.74) is -0.868. The molecule has 0 bridgehead atoms. The number of anilines is 1. The highest BCUT2D eigenvalue weighted by molar-refractivity contribution is 5.94. The molecule has 7 nitrogen and oxygen atoms in total. The van der Waals surface area contributed by atoms with Crippen LogP contribution in [0, 0.1) is 5.92 Å². The highest BCUT2D eigenvalue weighted by Gasteiger charge is 2.45. The molecule has 32 heavy (non-hydrogen) atoms. The number of fused-ring (bicyclic) bond motifs is 2. The maximum absolute atomic E-state index is 13.3. The number of amides is 2. The summed E-state index contributed by atoms with van der Waals surface area (Å²) in [5, 5.41) is 2.64. The first-order valence-corrected chi connectivity index (χ1v) is 11.2. The molecular weight excluding hydrogens is 425 g/mol. The molecule has 4 heterocycles. The van der Waals surface area contributed by atoms with Gasteiger partial charge >= 0.3 is 12.3 Å². The van der Waals surface area contributed by atoms with Crippen LogP contribution in [0.15, 0.2) is 12.3 Å². The van der Waals surface area contributed by atoms with Gasteiger partial charge in [-0.1, -0.05) is 0 Å². The molecular formula is C22H29F3N4O3. The van der Waals surface area contributed by atoms with E-state index >= 15 is 0 Å². The Kier molecular flexibility index (Phi) is 6.33. The Morgan fingerprint density at radius 1 is 1.25 bits per heavy atom. The van der Waals surface area contributed by atoms with E-state index in [0.29, 0.717) is 44.0 Å². The third-order valence-corrected chi connectivity index (χ3v) is 7.01. The first-order valence-electron chi connectivity index (χ1n) is 11.2. The number of piperidine rings is 2. The monoisotopic (exact) mass is 454 g/mol. The number of carbonyl (C=O) groups excluding carboxylic acids is 2. The zero-order chi connectivity index (χ0) is 22.9. The predicted octanol–water partition coefficient (Wildman–Crippen LogP) is 3.64. The number of rotatable bonds is 3. The van der Waals surface area contributed by atoms with Crippen LogP contribution in [-0.4, -0.2) is 66.1 Å². The number of likely N-dealkylation sites (tertiary alicyclic amines) is 2. The van der Waals surface area contributed by atoms with E-state index in [0.717, 1.165) is 38.7 Å². The SMILES string of the molecule is CCOC(=O)N1CCC(CN2CCC3(CC2)CC(=O)Nc2ncc(C(F)(F)F)cc23)CC1. The van der Waals surface area contributed by atoms with E-state index in [9.17, 15) is 22.8 Å². The van der Waals surface area contributed by atoms with Gasteiger partial charge in [0.2, 0.25) is 5.91 Å². The summed E-state index contributed by atoms with van der Waals surface area (Å²) >= 11 is 0. The summed E-state index contributed by atoms with van der Waals surface area (Å²) in [4.78, 5) is 32.2. The van der Waals surface area contributed by atoms with Crippen molar-refractivity contribution in [2.75, 3.05) is 44.6 Å². The number of ether oxygens (including phenoxy) is 1. The first-order chi connectivity index (χ1) is 15.2. The first kappa shape index (κ1) is 22.8. The van der Waals surface area contributed by atoms with Gasteiger partial charge in [-0.3, -0.25) is 4.79 Å². The van der Waals surface area contributed by atoms with Crippen molar-refractivity contribution >= 4 is 17.8 Å². The number of pyridine rings is 1. The van der Waals surface area contributed by atoms with E-state index in [1.54, 1.807) is 11.8 Å². The summed E-state index contributed by atoms with van der Waals surface area (Å²) < 4.78 is 44.9. The largest absolute Gasteiger partial charge is 0.450 e. The van der Waals surface area contributed by atoms with Gasteiger partial charge in [0.25, 0.3) is 0 Å². The van der Waals surface area contributed by atoms with Crippen molar-refractivity contribution in [1.29, 1.82) is 0 Å². The molecule has 0 saturated carbocycles. The van der Waals surface area contributed by atoms with Crippen molar-refractivity contribution < 1.29 is 27.5 Å². The van der Waals surface area contributed by atoms with Crippen LogP contribution in [-0.2, 0) is 21.1 Å². The maximum Gasteiger partial charge on any atom is 0.417 e. The van der Waals surface area contributed by atoms with E-state index in [2.05, 4.69) is 15.2 Å². The second-order valence-electron chi connectivity index (χ2n) is 9.05. The maximum atomic E-state index is 13.3. The smallest absolute Gasteiger partial charge is 0.417 e. The van der Waals surface area contributed by atoms with Gasteiger partial charge in [0.1, 0.15) is 5.82 Å². The van der Waals surface area contributed by atoms with Crippen LogP contribution < -0.4 is 5.32 Å². The Morgan fingerprint density at radius 3 is 2.56 bits per heavy atom. The van der Waals surface area contributed by atoms with Crippen molar-refractivity contribution in [2.45, 2.75) is 50.6 Å². The fourth-order valence-corrected chi connectivity index (χ4v) is 5.19. The highest BCUT2D eigenvalue weighted by atomic mass is 19.4. The third-order valence-electron chi connectivity index (χ3n) is 7.01. The number of carbonyl (C=O) groups is 2. The van der Waals surface area contributed by atoms with Crippen LogP contribution in [0.2, 0.25) is 0 Å². The Balaban J connectivity index is 1.38. The second-order valence-corrected chi connectivity index (χ2v) is 9.05. The molecule has 4 rings (SSSR count). The standard InChI is InChI=1S/C22H29F3N4O3/c1-2-32-20(31)29-7-3-15(4-8-29)14-28-9-5-21(6-10-28)12-18(30)27-19-17(21)11-16(13-26-19)22(23,24)25/h11,13,15H,2-10,12,14H2,1H3,(H,26,27,30). The number of hydrogen-bond donors (Lipinski definition) is 1. The van der Waals surface area contributed by atoms with Gasteiger partial charge in [-0.15, -0.1) is 0 Å². The van der Waals surface area contributed by atoms with E-state index in [1.807, 2.05) is 0 Å². The van der Waals surface area contributed by atoms with E-state index in [1.165, 1.54) is 6.07 Å².